The Balaban J connectivity index is 1.47. The maximum atomic E-state index is 10.9. The van der Waals surface area contributed by atoms with E-state index < -0.39 is 0 Å². The lowest BCUT2D eigenvalue weighted by atomic mass is 10.0. The average Bonchev–Trinajstić information content (AvgIpc) is 3.27. The maximum Gasteiger partial charge on any atom is 0.220 e. The third-order valence-corrected chi connectivity index (χ3v) is 6.01. The Kier molecular flexibility index (Phi) is 3.87. The Morgan fingerprint density at radius 3 is 3.08 bits per heavy atom. The van der Waals surface area contributed by atoms with Crippen molar-refractivity contribution in [3.05, 3.63) is 58.8 Å². The molecule has 2 aliphatic rings. The van der Waals surface area contributed by atoms with Crippen LogP contribution in [-0.4, -0.2) is 37.9 Å². The van der Waals surface area contributed by atoms with Gasteiger partial charge in [-0.15, -0.1) is 11.3 Å². The Bertz CT molecular complexity index is 1030. The molecule has 132 valence electrons. The van der Waals surface area contributed by atoms with Crippen molar-refractivity contribution in [1.29, 1.82) is 0 Å². The third kappa shape index (κ3) is 2.66. The SMILES string of the molecule is Oc1c2c(nn1-c1nccc3sccc13)CCN(CC1=CCCC=C1)C2. The first-order valence-corrected chi connectivity index (χ1v) is 9.88. The summed E-state index contributed by atoms with van der Waals surface area (Å²) in [6, 6.07) is 4.04. The van der Waals surface area contributed by atoms with Crippen LogP contribution in [0, 0.1) is 0 Å². The summed E-state index contributed by atoms with van der Waals surface area (Å²) in [5, 5.41) is 18.6. The predicted octanol–water partition coefficient (Wildman–Crippen LogP) is 3.82. The molecule has 4 heterocycles. The van der Waals surface area contributed by atoms with Crippen molar-refractivity contribution < 1.29 is 5.11 Å². The van der Waals surface area contributed by atoms with Crippen LogP contribution in [0.15, 0.2) is 47.5 Å². The molecule has 5 nitrogen and oxygen atoms in total. The summed E-state index contributed by atoms with van der Waals surface area (Å²) in [5.74, 6) is 0.934. The van der Waals surface area contributed by atoms with E-state index in [0.29, 0.717) is 5.82 Å². The van der Waals surface area contributed by atoms with Crippen molar-refractivity contribution in [3.63, 3.8) is 0 Å². The highest BCUT2D eigenvalue weighted by Gasteiger charge is 2.26. The molecule has 0 atom stereocenters. The van der Waals surface area contributed by atoms with Gasteiger partial charge in [0, 0.05) is 42.3 Å². The van der Waals surface area contributed by atoms with Gasteiger partial charge in [0.1, 0.15) is 0 Å². The van der Waals surface area contributed by atoms with Gasteiger partial charge < -0.3 is 5.11 Å². The second kappa shape index (κ2) is 6.37. The van der Waals surface area contributed by atoms with Gasteiger partial charge in [0.25, 0.3) is 0 Å². The average molecular weight is 364 g/mol. The Morgan fingerprint density at radius 2 is 2.19 bits per heavy atom. The van der Waals surface area contributed by atoms with Gasteiger partial charge in [-0.1, -0.05) is 18.2 Å². The number of pyridine rings is 1. The lowest BCUT2D eigenvalue weighted by Gasteiger charge is -2.26. The molecule has 3 aromatic heterocycles. The lowest BCUT2D eigenvalue weighted by Crippen LogP contribution is -2.31. The zero-order chi connectivity index (χ0) is 17.5. The van der Waals surface area contributed by atoms with E-state index in [2.05, 4.69) is 33.2 Å². The fourth-order valence-corrected chi connectivity index (χ4v) is 4.57. The topological polar surface area (TPSA) is 54.2 Å². The fourth-order valence-electron chi connectivity index (χ4n) is 3.79. The van der Waals surface area contributed by atoms with E-state index in [9.17, 15) is 5.11 Å². The van der Waals surface area contributed by atoms with Crippen LogP contribution in [0.2, 0.25) is 0 Å². The molecule has 1 aliphatic carbocycles. The molecule has 0 radical (unpaired) electrons. The molecule has 1 N–H and O–H groups in total. The summed E-state index contributed by atoms with van der Waals surface area (Å²) in [6.07, 6.45) is 11.7. The summed E-state index contributed by atoms with van der Waals surface area (Å²) in [7, 11) is 0. The molecule has 0 spiro atoms. The number of allylic oxidation sites excluding steroid dienone is 2. The standard InChI is InChI=1S/C20H20N4OS/c25-20-16-13-23(12-14-4-2-1-3-5-14)10-7-17(16)22-24(20)19-15-8-11-26-18(15)6-9-21-19/h2,4-6,8-9,11,25H,1,3,7,10,12-13H2. The molecule has 5 rings (SSSR count). The monoisotopic (exact) mass is 364 g/mol. The zero-order valence-corrected chi connectivity index (χ0v) is 15.2. The Hall–Kier alpha value is -2.44. The maximum absolute atomic E-state index is 10.9. The molecule has 3 aromatic rings. The van der Waals surface area contributed by atoms with Gasteiger partial charge >= 0.3 is 0 Å². The number of hydrogen-bond donors (Lipinski definition) is 1. The van der Waals surface area contributed by atoms with E-state index in [-0.39, 0.29) is 5.88 Å². The van der Waals surface area contributed by atoms with E-state index in [4.69, 9.17) is 0 Å². The second-order valence-corrected chi connectivity index (χ2v) is 7.79. The molecule has 26 heavy (non-hydrogen) atoms. The van der Waals surface area contributed by atoms with Crippen LogP contribution >= 0.6 is 11.3 Å². The molecule has 0 fully saturated rings. The molecule has 0 unspecified atom stereocenters. The molecule has 1 aliphatic heterocycles. The van der Waals surface area contributed by atoms with Crippen LogP contribution in [0.1, 0.15) is 24.1 Å². The van der Waals surface area contributed by atoms with Crippen LogP contribution in [0.3, 0.4) is 0 Å². The smallest absolute Gasteiger partial charge is 0.220 e. The minimum Gasteiger partial charge on any atom is -0.493 e. The number of hydrogen-bond acceptors (Lipinski definition) is 5. The third-order valence-electron chi connectivity index (χ3n) is 5.12. The van der Waals surface area contributed by atoms with Gasteiger partial charge in [-0.3, -0.25) is 4.90 Å². The number of aromatic nitrogens is 3. The minimum atomic E-state index is 0.226. The molecule has 6 heteroatoms. The number of rotatable bonds is 3. The predicted molar refractivity (Wildman–Crippen MR) is 104 cm³/mol. The van der Waals surface area contributed by atoms with Crippen molar-refractivity contribution in [3.8, 4) is 11.7 Å². The van der Waals surface area contributed by atoms with Crippen molar-refractivity contribution in [2.75, 3.05) is 13.1 Å². The normalized spacial score (nSPS) is 17.5. The van der Waals surface area contributed by atoms with Crippen LogP contribution in [-0.2, 0) is 13.0 Å². The van der Waals surface area contributed by atoms with E-state index in [1.807, 2.05) is 17.5 Å². The van der Waals surface area contributed by atoms with Gasteiger partial charge in [-0.2, -0.15) is 9.78 Å². The van der Waals surface area contributed by atoms with Crippen molar-refractivity contribution in [2.24, 2.45) is 0 Å². The van der Waals surface area contributed by atoms with Crippen molar-refractivity contribution >= 4 is 21.4 Å². The summed E-state index contributed by atoms with van der Waals surface area (Å²) in [6.45, 7) is 2.62. The Morgan fingerprint density at radius 1 is 1.23 bits per heavy atom. The molecule has 0 aromatic carbocycles. The first kappa shape index (κ1) is 15.8. The zero-order valence-electron chi connectivity index (χ0n) is 14.4. The first-order chi connectivity index (χ1) is 12.8. The van der Waals surface area contributed by atoms with E-state index in [0.717, 1.165) is 60.2 Å². The van der Waals surface area contributed by atoms with E-state index in [1.165, 1.54) is 5.57 Å². The highest BCUT2D eigenvalue weighted by Crippen LogP contribution is 2.32. The van der Waals surface area contributed by atoms with Gasteiger partial charge in [0.15, 0.2) is 5.82 Å². The quantitative estimate of drug-likeness (QED) is 0.768. The second-order valence-electron chi connectivity index (χ2n) is 6.85. The molecular weight excluding hydrogens is 344 g/mol. The number of aromatic hydroxyl groups is 1. The summed E-state index contributed by atoms with van der Waals surface area (Å²) in [4.78, 5) is 6.86. The van der Waals surface area contributed by atoms with Gasteiger partial charge in [0.2, 0.25) is 5.88 Å². The summed E-state index contributed by atoms with van der Waals surface area (Å²) in [5.41, 5.74) is 3.29. The van der Waals surface area contributed by atoms with Gasteiger partial charge in [-0.05, 0) is 35.9 Å². The first-order valence-electron chi connectivity index (χ1n) is 9.00. The molecular formula is C20H20N4OS. The lowest BCUT2D eigenvalue weighted by molar-refractivity contribution is 0.271. The molecule has 0 saturated heterocycles. The molecule has 0 saturated carbocycles. The summed E-state index contributed by atoms with van der Waals surface area (Å²) < 4.78 is 2.77. The number of nitrogens with zero attached hydrogens (tertiary/aromatic N) is 4. The van der Waals surface area contributed by atoms with Gasteiger partial charge in [-0.25, -0.2) is 4.98 Å². The van der Waals surface area contributed by atoms with Crippen LogP contribution < -0.4 is 0 Å². The molecule has 0 amide bonds. The van der Waals surface area contributed by atoms with E-state index >= 15 is 0 Å². The van der Waals surface area contributed by atoms with Crippen molar-refractivity contribution in [2.45, 2.75) is 25.8 Å². The molecule has 0 bridgehead atoms. The van der Waals surface area contributed by atoms with Crippen LogP contribution in [0.25, 0.3) is 15.9 Å². The summed E-state index contributed by atoms with van der Waals surface area (Å²) >= 11 is 1.67. The minimum absolute atomic E-state index is 0.226. The highest BCUT2D eigenvalue weighted by molar-refractivity contribution is 7.17. The fraction of sp³-hybridized carbons (Fsp3) is 0.300. The number of fused-ring (bicyclic) bond motifs is 2. The number of thiophene rings is 1. The van der Waals surface area contributed by atoms with Gasteiger partial charge in [0.05, 0.1) is 11.3 Å². The van der Waals surface area contributed by atoms with E-state index in [1.54, 1.807) is 22.2 Å². The highest BCUT2D eigenvalue weighted by atomic mass is 32.1. The Labute approximate surface area is 155 Å². The van der Waals surface area contributed by atoms with Crippen molar-refractivity contribution in [1.82, 2.24) is 19.7 Å². The van der Waals surface area contributed by atoms with Crippen LogP contribution in [0.4, 0.5) is 0 Å². The largest absolute Gasteiger partial charge is 0.493 e. The van der Waals surface area contributed by atoms with Crippen LogP contribution in [0.5, 0.6) is 5.88 Å².